The number of aryl methyl sites for hydroxylation is 2. The van der Waals surface area contributed by atoms with Crippen molar-refractivity contribution in [3.05, 3.63) is 101 Å². The van der Waals surface area contributed by atoms with Crippen LogP contribution in [0.15, 0.2) is 83.5 Å². The Morgan fingerprint density at radius 2 is 1.78 bits per heavy atom. The molecular formula is C28H26N4O4S. The number of benzene rings is 3. The molecule has 1 heterocycles. The lowest BCUT2D eigenvalue weighted by Crippen LogP contribution is -2.49. The maximum absolute atomic E-state index is 13.5. The summed E-state index contributed by atoms with van der Waals surface area (Å²) in [6.07, 6.45) is 1.61. The van der Waals surface area contributed by atoms with E-state index >= 15 is 0 Å². The Kier molecular flexibility index (Phi) is 7.95. The fraction of sp³-hybridized carbons (Fsp3) is 0.143. The van der Waals surface area contributed by atoms with Gasteiger partial charge in [0.25, 0.3) is 5.91 Å². The number of rotatable bonds is 7. The summed E-state index contributed by atoms with van der Waals surface area (Å²) in [6, 6.07) is 22.4. The number of amides is 1. The van der Waals surface area contributed by atoms with E-state index in [9.17, 15) is 9.59 Å². The molecule has 0 saturated heterocycles. The number of aliphatic imine (C=N–C) groups is 1. The molecule has 0 aliphatic carbocycles. The highest BCUT2D eigenvalue weighted by atomic mass is 32.1. The molecule has 1 amide bonds. The van der Waals surface area contributed by atoms with Crippen LogP contribution in [0.1, 0.15) is 22.3 Å². The monoisotopic (exact) mass is 514 g/mol. The van der Waals surface area contributed by atoms with Crippen LogP contribution in [-0.4, -0.2) is 41.6 Å². The number of hydrogen-bond donors (Lipinski definition) is 2. The lowest BCUT2D eigenvalue weighted by Gasteiger charge is -2.22. The number of esters is 1. The van der Waals surface area contributed by atoms with Gasteiger partial charge in [-0.25, -0.2) is 9.79 Å². The largest absolute Gasteiger partial charge is 0.481 e. The van der Waals surface area contributed by atoms with Crippen LogP contribution in [0.4, 0.5) is 5.69 Å². The van der Waals surface area contributed by atoms with Gasteiger partial charge in [0.2, 0.25) is 0 Å². The number of nitrogens with one attached hydrogen (secondary N) is 2. The first kappa shape index (κ1) is 25.6. The summed E-state index contributed by atoms with van der Waals surface area (Å²) in [7, 11) is 1.29. The summed E-state index contributed by atoms with van der Waals surface area (Å²) < 4.78 is 10.2. The van der Waals surface area contributed by atoms with E-state index in [0.717, 1.165) is 22.4 Å². The Morgan fingerprint density at radius 3 is 2.51 bits per heavy atom. The van der Waals surface area contributed by atoms with Crippen LogP contribution in [0, 0.1) is 13.8 Å². The molecule has 9 heteroatoms. The van der Waals surface area contributed by atoms with E-state index in [4.69, 9.17) is 17.0 Å². The van der Waals surface area contributed by atoms with Gasteiger partial charge in [0.05, 0.1) is 7.11 Å². The minimum Gasteiger partial charge on any atom is -0.481 e. The van der Waals surface area contributed by atoms with Gasteiger partial charge >= 0.3 is 5.97 Å². The van der Waals surface area contributed by atoms with Gasteiger partial charge in [-0.3, -0.25) is 10.2 Å². The van der Waals surface area contributed by atoms with E-state index in [-0.39, 0.29) is 17.4 Å². The van der Waals surface area contributed by atoms with E-state index in [1.165, 1.54) is 12.1 Å². The van der Waals surface area contributed by atoms with Gasteiger partial charge in [0.15, 0.2) is 17.6 Å². The van der Waals surface area contributed by atoms with Gasteiger partial charge in [0.1, 0.15) is 11.4 Å². The molecule has 0 radical (unpaired) electrons. The summed E-state index contributed by atoms with van der Waals surface area (Å²) in [6.45, 7) is 3.75. The normalized spacial score (nSPS) is 13.8. The zero-order chi connectivity index (χ0) is 26.4. The first-order chi connectivity index (χ1) is 17.9. The predicted molar refractivity (Wildman–Crippen MR) is 147 cm³/mol. The third-order valence-electron chi connectivity index (χ3n) is 5.52. The number of carbonyl (C=O) groups excluding carboxylic acids is 2. The summed E-state index contributed by atoms with van der Waals surface area (Å²) in [5.74, 6) is -0.0897. The number of thiocarbonyl (C=S) groups is 1. The number of hydrazine groups is 1. The zero-order valence-electron chi connectivity index (χ0n) is 20.6. The molecule has 0 fully saturated rings. The van der Waals surface area contributed by atoms with Crippen molar-refractivity contribution in [3.63, 3.8) is 0 Å². The van der Waals surface area contributed by atoms with Crippen LogP contribution in [0.3, 0.4) is 0 Å². The predicted octanol–water partition coefficient (Wildman–Crippen LogP) is 4.39. The smallest absolute Gasteiger partial charge is 0.343 e. The van der Waals surface area contributed by atoms with Crippen molar-refractivity contribution in [2.45, 2.75) is 13.8 Å². The lowest BCUT2D eigenvalue weighted by molar-refractivity contribution is -0.142. The van der Waals surface area contributed by atoms with E-state index in [2.05, 4.69) is 20.5 Å². The minimum atomic E-state index is -0.510. The number of amidine groups is 1. The summed E-state index contributed by atoms with van der Waals surface area (Å²) in [5.41, 5.74) is 7.48. The zero-order valence-corrected chi connectivity index (χ0v) is 21.5. The van der Waals surface area contributed by atoms with Crippen molar-refractivity contribution in [2.24, 2.45) is 4.99 Å². The van der Waals surface area contributed by atoms with Crippen LogP contribution >= 0.6 is 12.2 Å². The number of para-hydroxylation sites is 1. The highest BCUT2D eigenvalue weighted by molar-refractivity contribution is 7.80. The fourth-order valence-electron chi connectivity index (χ4n) is 3.68. The SMILES string of the molecule is COC(=O)COc1ccccc1/C=C1\N=C(c2ccccc2)N(NC(=S)Nc2ccc(C)cc2C)C1=O. The summed E-state index contributed by atoms with van der Waals surface area (Å²) in [5, 5.41) is 4.71. The molecule has 8 nitrogen and oxygen atoms in total. The highest BCUT2D eigenvalue weighted by Crippen LogP contribution is 2.26. The van der Waals surface area contributed by atoms with Crippen molar-refractivity contribution in [2.75, 3.05) is 19.0 Å². The third-order valence-corrected chi connectivity index (χ3v) is 5.71. The number of anilines is 1. The topological polar surface area (TPSA) is 92.3 Å². The maximum atomic E-state index is 13.5. The minimum absolute atomic E-state index is 0.176. The standard InChI is InChI=1S/C28H26N4O4S/c1-18-13-14-22(19(2)15-18)30-28(37)31-32-26(20-9-5-4-6-10-20)29-23(27(32)34)16-21-11-7-8-12-24(21)36-17-25(33)35-3/h4-16H,17H2,1-3H3,(H2,30,31,37)/b23-16-. The number of methoxy groups -OCH3 is 1. The Hall–Kier alpha value is -4.50. The molecule has 3 aromatic rings. The lowest BCUT2D eigenvalue weighted by atomic mass is 10.1. The molecular weight excluding hydrogens is 488 g/mol. The van der Waals surface area contributed by atoms with Crippen molar-refractivity contribution >= 4 is 46.8 Å². The Morgan fingerprint density at radius 1 is 1.05 bits per heavy atom. The number of ether oxygens (including phenoxy) is 2. The molecule has 1 aliphatic heterocycles. The quantitative estimate of drug-likeness (QED) is 0.275. The first-order valence-corrected chi connectivity index (χ1v) is 11.9. The summed E-state index contributed by atoms with van der Waals surface area (Å²) in [4.78, 5) is 29.6. The molecule has 0 aromatic heterocycles. The number of nitrogens with zero attached hydrogens (tertiary/aromatic N) is 2. The molecule has 0 unspecified atom stereocenters. The molecule has 0 bridgehead atoms. The van der Waals surface area contributed by atoms with Gasteiger partial charge in [-0.1, -0.05) is 66.2 Å². The third kappa shape index (κ3) is 6.20. The molecule has 0 saturated carbocycles. The molecule has 4 rings (SSSR count). The van der Waals surface area contributed by atoms with E-state index in [1.54, 1.807) is 30.3 Å². The Balaban J connectivity index is 1.62. The second-order valence-corrected chi connectivity index (χ2v) is 8.67. The van der Waals surface area contributed by atoms with Gasteiger partial charge in [-0.2, -0.15) is 5.01 Å². The Bertz CT molecular complexity index is 1400. The van der Waals surface area contributed by atoms with Gasteiger partial charge in [-0.05, 0) is 49.8 Å². The van der Waals surface area contributed by atoms with Crippen LogP contribution in [0.5, 0.6) is 5.75 Å². The second kappa shape index (κ2) is 11.5. The van der Waals surface area contributed by atoms with Crippen LogP contribution < -0.4 is 15.5 Å². The van der Waals surface area contributed by atoms with Crippen molar-refractivity contribution in [1.29, 1.82) is 0 Å². The van der Waals surface area contributed by atoms with Crippen molar-refractivity contribution < 1.29 is 19.1 Å². The number of carbonyl (C=O) groups is 2. The molecule has 188 valence electrons. The highest BCUT2D eigenvalue weighted by Gasteiger charge is 2.32. The van der Waals surface area contributed by atoms with Crippen LogP contribution in [0.2, 0.25) is 0 Å². The Labute approximate surface area is 220 Å². The summed E-state index contributed by atoms with van der Waals surface area (Å²) >= 11 is 5.53. The fourth-order valence-corrected chi connectivity index (χ4v) is 3.88. The van der Waals surface area contributed by atoms with Crippen LogP contribution in [-0.2, 0) is 14.3 Å². The van der Waals surface area contributed by atoms with Crippen molar-refractivity contribution in [1.82, 2.24) is 10.4 Å². The van der Waals surface area contributed by atoms with E-state index < -0.39 is 11.9 Å². The molecule has 37 heavy (non-hydrogen) atoms. The molecule has 0 atom stereocenters. The number of hydrogen-bond acceptors (Lipinski definition) is 6. The second-order valence-electron chi connectivity index (χ2n) is 8.26. The average molecular weight is 515 g/mol. The van der Waals surface area contributed by atoms with Gasteiger partial charge in [-0.15, -0.1) is 0 Å². The van der Waals surface area contributed by atoms with Gasteiger partial charge in [0, 0.05) is 16.8 Å². The first-order valence-electron chi connectivity index (χ1n) is 11.5. The van der Waals surface area contributed by atoms with E-state index in [1.807, 2.05) is 62.4 Å². The maximum Gasteiger partial charge on any atom is 0.343 e. The average Bonchev–Trinajstić information content (AvgIpc) is 3.20. The van der Waals surface area contributed by atoms with Gasteiger partial charge < -0.3 is 14.8 Å². The van der Waals surface area contributed by atoms with Crippen LogP contribution in [0.25, 0.3) is 6.08 Å². The van der Waals surface area contributed by atoms with E-state index in [0.29, 0.717) is 17.1 Å². The van der Waals surface area contributed by atoms with Crippen molar-refractivity contribution in [3.8, 4) is 5.75 Å². The molecule has 1 aliphatic rings. The molecule has 2 N–H and O–H groups in total. The molecule has 0 spiro atoms. The molecule has 3 aromatic carbocycles.